The van der Waals surface area contributed by atoms with Gasteiger partial charge in [0, 0.05) is 6.20 Å². The number of fused-ring (bicyclic) bond motifs is 1. The summed E-state index contributed by atoms with van der Waals surface area (Å²) < 4.78 is 1.88. The molecule has 0 saturated carbocycles. The van der Waals surface area contributed by atoms with Gasteiger partial charge in [0.25, 0.3) is 0 Å². The van der Waals surface area contributed by atoms with E-state index in [2.05, 4.69) is 34.5 Å². The molecule has 4 nitrogen and oxygen atoms in total. The van der Waals surface area contributed by atoms with E-state index in [1.54, 1.807) is 6.07 Å². The van der Waals surface area contributed by atoms with E-state index in [0.717, 1.165) is 17.0 Å². The molecule has 2 aromatic carbocycles. The Labute approximate surface area is 144 Å². The van der Waals surface area contributed by atoms with E-state index in [-0.39, 0.29) is 5.92 Å². The first kappa shape index (κ1) is 14.7. The molecule has 118 valence electrons. The van der Waals surface area contributed by atoms with Gasteiger partial charge in [0.15, 0.2) is 5.65 Å². The number of anilines is 1. The van der Waals surface area contributed by atoms with E-state index in [1.165, 1.54) is 0 Å². The predicted molar refractivity (Wildman–Crippen MR) is 96.2 cm³/mol. The Kier molecular flexibility index (Phi) is 3.67. The molecule has 0 aliphatic rings. The molecular formula is C19H15ClN4. The number of halogens is 1. The van der Waals surface area contributed by atoms with E-state index >= 15 is 0 Å². The summed E-state index contributed by atoms with van der Waals surface area (Å²) in [5, 5.41) is 9.24. The van der Waals surface area contributed by atoms with Crippen molar-refractivity contribution < 1.29 is 0 Å². The van der Waals surface area contributed by atoms with Crippen LogP contribution in [0.5, 0.6) is 0 Å². The Balaban J connectivity index is 1.98. The zero-order valence-electron chi connectivity index (χ0n) is 12.8. The van der Waals surface area contributed by atoms with Crippen molar-refractivity contribution >= 4 is 22.9 Å². The van der Waals surface area contributed by atoms with Gasteiger partial charge >= 0.3 is 0 Å². The van der Waals surface area contributed by atoms with Crippen LogP contribution in [-0.4, -0.2) is 14.6 Å². The third-order valence-electron chi connectivity index (χ3n) is 4.05. The molecule has 0 spiro atoms. The van der Waals surface area contributed by atoms with Crippen LogP contribution >= 0.6 is 11.6 Å². The fraction of sp³-hybridized carbons (Fsp3) is 0.0526. The molecule has 0 atom stereocenters. The van der Waals surface area contributed by atoms with Crippen LogP contribution in [0.25, 0.3) is 5.65 Å². The van der Waals surface area contributed by atoms with Crippen LogP contribution in [0.1, 0.15) is 22.9 Å². The summed E-state index contributed by atoms with van der Waals surface area (Å²) in [5.74, 6) is 0.733. The second-order valence-electron chi connectivity index (χ2n) is 5.62. The van der Waals surface area contributed by atoms with Crippen LogP contribution in [0.15, 0.2) is 72.9 Å². The van der Waals surface area contributed by atoms with Gasteiger partial charge in [0.2, 0.25) is 0 Å². The van der Waals surface area contributed by atoms with Gasteiger partial charge in [-0.1, -0.05) is 72.3 Å². The monoisotopic (exact) mass is 334 g/mol. The third kappa shape index (κ3) is 2.51. The predicted octanol–water partition coefficient (Wildman–Crippen LogP) is 4.15. The maximum absolute atomic E-state index is 6.19. The molecule has 0 saturated heterocycles. The topological polar surface area (TPSA) is 56.2 Å². The van der Waals surface area contributed by atoms with Crippen LogP contribution in [0.2, 0.25) is 5.02 Å². The normalized spacial score (nSPS) is 11.2. The molecule has 0 bridgehead atoms. The molecule has 0 aliphatic carbocycles. The second-order valence-corrected chi connectivity index (χ2v) is 6.06. The first-order valence-electron chi connectivity index (χ1n) is 7.63. The number of nitrogens with zero attached hydrogens (tertiary/aromatic N) is 3. The van der Waals surface area contributed by atoms with Crippen LogP contribution in [0.3, 0.4) is 0 Å². The van der Waals surface area contributed by atoms with E-state index in [4.69, 9.17) is 17.3 Å². The highest BCUT2D eigenvalue weighted by Crippen LogP contribution is 2.32. The molecule has 2 aromatic heterocycles. The quantitative estimate of drug-likeness (QED) is 0.612. The number of aromatic nitrogens is 3. The van der Waals surface area contributed by atoms with Gasteiger partial charge in [-0.25, -0.2) is 0 Å². The van der Waals surface area contributed by atoms with Crippen molar-refractivity contribution in [3.63, 3.8) is 0 Å². The molecule has 0 aliphatic heterocycles. The lowest BCUT2D eigenvalue weighted by Gasteiger charge is -2.16. The second kappa shape index (κ2) is 5.98. The van der Waals surface area contributed by atoms with E-state index in [9.17, 15) is 0 Å². The Morgan fingerprint density at radius 3 is 2.04 bits per heavy atom. The van der Waals surface area contributed by atoms with E-state index < -0.39 is 0 Å². The number of hydrogen-bond acceptors (Lipinski definition) is 3. The summed E-state index contributed by atoms with van der Waals surface area (Å²) in [6.45, 7) is 0. The SMILES string of the molecule is Nc1cc(Cl)cn2c(C(c3ccccc3)c3ccccc3)nnc12. The third-order valence-corrected chi connectivity index (χ3v) is 4.26. The summed E-state index contributed by atoms with van der Waals surface area (Å²) in [4.78, 5) is 0. The van der Waals surface area contributed by atoms with E-state index in [0.29, 0.717) is 16.4 Å². The average Bonchev–Trinajstić information content (AvgIpc) is 3.01. The van der Waals surface area contributed by atoms with Gasteiger partial charge in [-0.3, -0.25) is 4.40 Å². The largest absolute Gasteiger partial charge is 0.396 e. The van der Waals surface area contributed by atoms with Crippen molar-refractivity contribution in [3.05, 3.63) is 94.9 Å². The minimum atomic E-state index is -0.0553. The van der Waals surface area contributed by atoms with Crippen molar-refractivity contribution in [2.45, 2.75) is 5.92 Å². The van der Waals surface area contributed by atoms with Gasteiger partial charge < -0.3 is 5.73 Å². The number of pyridine rings is 1. The van der Waals surface area contributed by atoms with Gasteiger partial charge in [0.05, 0.1) is 16.6 Å². The Morgan fingerprint density at radius 1 is 0.875 bits per heavy atom. The summed E-state index contributed by atoms with van der Waals surface area (Å²) in [5.41, 5.74) is 9.44. The highest BCUT2D eigenvalue weighted by molar-refractivity contribution is 6.30. The zero-order valence-corrected chi connectivity index (χ0v) is 13.6. The highest BCUT2D eigenvalue weighted by Gasteiger charge is 2.23. The first-order chi connectivity index (χ1) is 11.7. The van der Waals surface area contributed by atoms with Gasteiger partial charge in [-0.15, -0.1) is 10.2 Å². The van der Waals surface area contributed by atoms with Gasteiger partial charge in [0.1, 0.15) is 5.82 Å². The molecular weight excluding hydrogens is 320 g/mol. The molecule has 0 amide bonds. The van der Waals surface area contributed by atoms with Crippen molar-refractivity contribution in [2.24, 2.45) is 0 Å². The summed E-state index contributed by atoms with van der Waals surface area (Å²) in [6.07, 6.45) is 1.81. The van der Waals surface area contributed by atoms with Crippen LogP contribution < -0.4 is 5.73 Å². The molecule has 0 unspecified atom stereocenters. The molecule has 4 rings (SSSR count). The maximum Gasteiger partial charge on any atom is 0.184 e. The van der Waals surface area contributed by atoms with E-state index in [1.807, 2.05) is 47.0 Å². The van der Waals surface area contributed by atoms with Gasteiger partial charge in [-0.2, -0.15) is 0 Å². The highest BCUT2D eigenvalue weighted by atomic mass is 35.5. The zero-order chi connectivity index (χ0) is 16.5. The lowest BCUT2D eigenvalue weighted by atomic mass is 9.90. The van der Waals surface area contributed by atoms with Crippen molar-refractivity contribution in [1.29, 1.82) is 0 Å². The number of hydrogen-bond donors (Lipinski definition) is 1. The Bertz CT molecular complexity index is 941. The minimum absolute atomic E-state index is 0.0553. The molecule has 5 heteroatoms. The molecule has 0 radical (unpaired) electrons. The maximum atomic E-state index is 6.19. The molecule has 4 aromatic rings. The molecule has 0 fully saturated rings. The Morgan fingerprint density at radius 2 is 1.46 bits per heavy atom. The number of nitrogen functional groups attached to an aromatic ring is 1. The smallest absolute Gasteiger partial charge is 0.184 e. The fourth-order valence-electron chi connectivity index (χ4n) is 2.98. The lowest BCUT2D eigenvalue weighted by molar-refractivity contribution is 0.834. The molecule has 24 heavy (non-hydrogen) atoms. The number of nitrogens with two attached hydrogens (primary N) is 1. The van der Waals surface area contributed by atoms with Gasteiger partial charge in [-0.05, 0) is 17.2 Å². The summed E-state index contributed by atoms with van der Waals surface area (Å²) in [7, 11) is 0. The van der Waals surface area contributed by atoms with Crippen molar-refractivity contribution in [2.75, 3.05) is 5.73 Å². The number of rotatable bonds is 3. The summed E-state index contributed by atoms with van der Waals surface area (Å²) >= 11 is 6.19. The van der Waals surface area contributed by atoms with Crippen LogP contribution in [0, 0.1) is 0 Å². The van der Waals surface area contributed by atoms with Crippen molar-refractivity contribution in [3.8, 4) is 0 Å². The molecule has 2 heterocycles. The Hall–Kier alpha value is -2.85. The first-order valence-corrected chi connectivity index (χ1v) is 8.01. The molecule has 2 N–H and O–H groups in total. The standard InChI is InChI=1S/C19H15ClN4/c20-15-11-16(21)18-22-23-19(24(18)12-15)17(13-7-3-1-4-8-13)14-9-5-2-6-10-14/h1-12,17H,21H2. The summed E-state index contributed by atoms with van der Waals surface area (Å²) in [6, 6.07) is 22.1. The lowest BCUT2D eigenvalue weighted by Crippen LogP contribution is -2.08. The van der Waals surface area contributed by atoms with Crippen LogP contribution in [0.4, 0.5) is 5.69 Å². The minimum Gasteiger partial charge on any atom is -0.396 e. The number of benzene rings is 2. The average molecular weight is 335 g/mol. The van der Waals surface area contributed by atoms with Crippen molar-refractivity contribution in [1.82, 2.24) is 14.6 Å². The van der Waals surface area contributed by atoms with Crippen LogP contribution in [-0.2, 0) is 0 Å². The fourth-order valence-corrected chi connectivity index (χ4v) is 3.19.